The molecule has 0 saturated carbocycles. The first-order valence-electron chi connectivity index (χ1n) is 9.89. The van der Waals surface area contributed by atoms with Crippen LogP contribution in [0.25, 0.3) is 27.0 Å². The molecule has 5 rings (SSSR count). The Morgan fingerprint density at radius 1 is 1.16 bits per heavy atom. The third-order valence-electron chi connectivity index (χ3n) is 4.85. The third kappa shape index (κ3) is 3.65. The number of halogens is 2. The number of hydrogen-bond donors (Lipinski definition) is 1. The summed E-state index contributed by atoms with van der Waals surface area (Å²) in [7, 11) is 0. The van der Waals surface area contributed by atoms with Gasteiger partial charge < -0.3 is 10.1 Å². The molecule has 0 atom stereocenters. The minimum Gasteiger partial charge on any atom is -0.491 e. The van der Waals surface area contributed by atoms with Crippen molar-refractivity contribution in [1.29, 1.82) is 0 Å². The summed E-state index contributed by atoms with van der Waals surface area (Å²) < 4.78 is 35.0. The van der Waals surface area contributed by atoms with Gasteiger partial charge in [0.05, 0.1) is 16.4 Å². The van der Waals surface area contributed by atoms with Crippen molar-refractivity contribution in [1.82, 2.24) is 19.7 Å². The van der Waals surface area contributed by atoms with Crippen molar-refractivity contribution in [2.24, 2.45) is 0 Å². The number of benzene rings is 1. The number of thiophene rings is 1. The van der Waals surface area contributed by atoms with E-state index in [-0.39, 0.29) is 11.7 Å². The van der Waals surface area contributed by atoms with Crippen molar-refractivity contribution < 1.29 is 13.5 Å². The van der Waals surface area contributed by atoms with Gasteiger partial charge in [-0.15, -0.1) is 11.3 Å². The van der Waals surface area contributed by atoms with E-state index in [0.29, 0.717) is 18.9 Å². The summed E-state index contributed by atoms with van der Waals surface area (Å²) in [5, 5.41) is 7.49. The van der Waals surface area contributed by atoms with Crippen LogP contribution in [0, 0.1) is 11.6 Å². The number of ether oxygens (including phenoxy) is 1. The zero-order valence-corrected chi connectivity index (χ0v) is 17.7. The van der Waals surface area contributed by atoms with Crippen molar-refractivity contribution in [2.45, 2.75) is 26.3 Å². The first-order chi connectivity index (χ1) is 15.0. The molecule has 1 aliphatic rings. The van der Waals surface area contributed by atoms with Crippen LogP contribution in [-0.2, 0) is 6.42 Å². The third-order valence-corrected chi connectivity index (χ3v) is 6.03. The smallest absolute Gasteiger partial charge is 0.173 e. The predicted molar refractivity (Wildman–Crippen MR) is 116 cm³/mol. The van der Waals surface area contributed by atoms with Crippen molar-refractivity contribution in [3.8, 4) is 32.7 Å². The highest BCUT2D eigenvalue weighted by atomic mass is 32.1. The fourth-order valence-corrected chi connectivity index (χ4v) is 4.72. The molecule has 0 fully saturated rings. The van der Waals surface area contributed by atoms with Gasteiger partial charge in [0.15, 0.2) is 11.6 Å². The molecular formula is C22H19F2N5OS. The molecule has 0 bridgehead atoms. The lowest BCUT2D eigenvalue weighted by Crippen LogP contribution is -2.11. The standard InChI is InChI=1S/C22H19F2N5OS/c1-12(2)27-19-6-5-17-20(28-19)21-13(7-8-30-17)9-18(31-21)22-25-11-26-29(22)16-4-3-14(23)10-15(16)24/h3-6,9-12H,7-8H2,1-2H3,(H,27,28). The molecule has 0 spiro atoms. The predicted octanol–water partition coefficient (Wildman–Crippen LogP) is 5.09. The Balaban J connectivity index is 1.60. The van der Waals surface area contributed by atoms with Gasteiger partial charge in [-0.1, -0.05) is 0 Å². The summed E-state index contributed by atoms with van der Waals surface area (Å²) in [5.41, 5.74) is 2.00. The largest absolute Gasteiger partial charge is 0.491 e. The lowest BCUT2D eigenvalue weighted by molar-refractivity contribution is 0.325. The van der Waals surface area contributed by atoms with Crippen LogP contribution in [0.1, 0.15) is 19.4 Å². The minimum absolute atomic E-state index is 0.141. The quantitative estimate of drug-likeness (QED) is 0.480. The SMILES string of the molecule is CC(C)Nc1ccc2c(n1)-c1sc(-c3ncnn3-c3ccc(F)cc3F)cc1CCO2. The highest BCUT2D eigenvalue weighted by molar-refractivity contribution is 7.19. The van der Waals surface area contributed by atoms with Gasteiger partial charge in [0, 0.05) is 18.5 Å². The molecular weight excluding hydrogens is 420 g/mol. The van der Waals surface area contributed by atoms with Crippen molar-refractivity contribution in [2.75, 3.05) is 11.9 Å². The molecule has 6 nitrogen and oxygen atoms in total. The van der Waals surface area contributed by atoms with Crippen molar-refractivity contribution >= 4 is 17.2 Å². The molecule has 1 aliphatic heterocycles. The van der Waals surface area contributed by atoms with Crippen LogP contribution in [0.5, 0.6) is 5.75 Å². The second-order valence-electron chi connectivity index (χ2n) is 7.50. The molecule has 0 saturated heterocycles. The van der Waals surface area contributed by atoms with Gasteiger partial charge in [-0.3, -0.25) is 0 Å². The van der Waals surface area contributed by atoms with E-state index in [1.807, 2.05) is 18.2 Å². The van der Waals surface area contributed by atoms with Crippen LogP contribution in [0.3, 0.4) is 0 Å². The van der Waals surface area contributed by atoms with Gasteiger partial charge in [-0.25, -0.2) is 23.4 Å². The summed E-state index contributed by atoms with van der Waals surface area (Å²) in [6, 6.07) is 9.50. The van der Waals surface area contributed by atoms with E-state index < -0.39 is 11.6 Å². The van der Waals surface area contributed by atoms with E-state index in [2.05, 4.69) is 29.2 Å². The Bertz CT molecular complexity index is 1270. The highest BCUT2D eigenvalue weighted by Gasteiger charge is 2.24. The fourth-order valence-electron chi connectivity index (χ4n) is 3.54. The molecule has 1 N–H and O–H groups in total. The molecule has 4 aromatic rings. The van der Waals surface area contributed by atoms with Gasteiger partial charge in [0.1, 0.15) is 35.1 Å². The van der Waals surface area contributed by atoms with Crippen LogP contribution in [0.2, 0.25) is 0 Å². The molecule has 1 aromatic carbocycles. The maximum atomic E-state index is 14.4. The maximum absolute atomic E-state index is 14.4. The summed E-state index contributed by atoms with van der Waals surface area (Å²) in [6.07, 6.45) is 2.08. The van der Waals surface area contributed by atoms with Crippen molar-refractivity contribution in [3.63, 3.8) is 0 Å². The lowest BCUT2D eigenvalue weighted by atomic mass is 10.1. The Morgan fingerprint density at radius 2 is 2.03 bits per heavy atom. The first-order valence-corrected chi connectivity index (χ1v) is 10.7. The average molecular weight is 439 g/mol. The summed E-state index contributed by atoms with van der Waals surface area (Å²) >= 11 is 1.50. The molecule has 0 radical (unpaired) electrons. The number of rotatable bonds is 4. The molecule has 158 valence electrons. The number of aromatic nitrogens is 4. The van der Waals surface area contributed by atoms with E-state index >= 15 is 0 Å². The topological polar surface area (TPSA) is 64.9 Å². The Hall–Kier alpha value is -3.33. The van der Waals surface area contributed by atoms with Crippen LogP contribution in [0.15, 0.2) is 42.7 Å². The molecule has 0 amide bonds. The van der Waals surface area contributed by atoms with E-state index in [0.717, 1.165) is 38.6 Å². The monoisotopic (exact) mass is 439 g/mol. The number of anilines is 1. The molecule has 3 aromatic heterocycles. The molecule has 4 heterocycles. The summed E-state index contributed by atoms with van der Waals surface area (Å²) in [6.45, 7) is 4.65. The number of pyridine rings is 1. The number of nitrogens with one attached hydrogen (secondary N) is 1. The minimum atomic E-state index is -0.699. The first kappa shape index (κ1) is 19.6. The van der Waals surface area contributed by atoms with Crippen LogP contribution >= 0.6 is 11.3 Å². The van der Waals surface area contributed by atoms with E-state index in [9.17, 15) is 8.78 Å². The van der Waals surface area contributed by atoms with Crippen LogP contribution in [0.4, 0.5) is 14.6 Å². The Kier molecular flexibility index (Phi) is 4.90. The zero-order valence-electron chi connectivity index (χ0n) is 16.9. The van der Waals surface area contributed by atoms with E-state index in [1.54, 1.807) is 0 Å². The molecule has 0 unspecified atom stereocenters. The zero-order chi connectivity index (χ0) is 21.5. The lowest BCUT2D eigenvalue weighted by Gasteiger charge is -2.12. The number of fused-ring (bicyclic) bond motifs is 3. The van der Waals surface area contributed by atoms with Crippen LogP contribution < -0.4 is 10.1 Å². The average Bonchev–Trinajstić information content (AvgIpc) is 3.32. The van der Waals surface area contributed by atoms with E-state index in [4.69, 9.17) is 9.72 Å². The summed E-state index contributed by atoms with van der Waals surface area (Å²) in [5.74, 6) is 0.653. The van der Waals surface area contributed by atoms with Gasteiger partial charge in [-0.2, -0.15) is 5.10 Å². The van der Waals surface area contributed by atoms with Gasteiger partial charge in [0.2, 0.25) is 0 Å². The summed E-state index contributed by atoms with van der Waals surface area (Å²) in [4.78, 5) is 10.9. The molecule has 31 heavy (non-hydrogen) atoms. The maximum Gasteiger partial charge on any atom is 0.173 e. The Labute approximate surface area is 181 Å². The van der Waals surface area contributed by atoms with Crippen LogP contribution in [-0.4, -0.2) is 32.4 Å². The van der Waals surface area contributed by atoms with E-state index in [1.165, 1.54) is 34.5 Å². The molecule has 9 heteroatoms. The normalized spacial score (nSPS) is 12.8. The number of nitrogens with zero attached hydrogens (tertiary/aromatic N) is 4. The second kappa shape index (κ2) is 7.73. The second-order valence-corrected chi connectivity index (χ2v) is 8.55. The van der Waals surface area contributed by atoms with Crippen molar-refractivity contribution in [3.05, 3.63) is 59.9 Å². The van der Waals surface area contributed by atoms with Gasteiger partial charge in [0.25, 0.3) is 0 Å². The van der Waals surface area contributed by atoms with Gasteiger partial charge in [-0.05, 0) is 49.7 Å². The fraction of sp³-hybridized carbons (Fsp3) is 0.227. The van der Waals surface area contributed by atoms with Gasteiger partial charge >= 0.3 is 0 Å². The highest BCUT2D eigenvalue weighted by Crippen LogP contribution is 2.43. The molecule has 0 aliphatic carbocycles. The number of hydrogen-bond acceptors (Lipinski definition) is 6. The Morgan fingerprint density at radius 3 is 2.84 bits per heavy atom.